The Hall–Kier alpha value is -2.29. The third kappa shape index (κ3) is 3.87. The van der Waals surface area contributed by atoms with E-state index in [1.54, 1.807) is 0 Å². The van der Waals surface area contributed by atoms with E-state index in [4.69, 9.17) is 4.99 Å². The first kappa shape index (κ1) is 17.5. The van der Waals surface area contributed by atoms with Crippen molar-refractivity contribution in [1.82, 2.24) is 0 Å². The predicted octanol–water partition coefficient (Wildman–Crippen LogP) is 5.85. The van der Waals surface area contributed by atoms with Gasteiger partial charge in [-0.1, -0.05) is 75.6 Å². The smallest absolute Gasteiger partial charge is 0.127 e. The van der Waals surface area contributed by atoms with Crippen LogP contribution in [0.5, 0.6) is 0 Å². The average Bonchev–Trinajstić information content (AvgIpc) is 2.69. The van der Waals surface area contributed by atoms with Crippen LogP contribution >= 0.6 is 0 Å². The Labute approximate surface area is 151 Å². The van der Waals surface area contributed by atoms with Crippen LogP contribution in [-0.4, -0.2) is 11.4 Å². The molecule has 1 aliphatic carbocycles. The molecule has 2 aromatic carbocycles. The van der Waals surface area contributed by atoms with E-state index in [0.29, 0.717) is 0 Å². The molecule has 1 heterocycles. The van der Waals surface area contributed by atoms with Gasteiger partial charge in [0, 0.05) is 0 Å². The van der Waals surface area contributed by atoms with Crippen molar-refractivity contribution >= 4 is 17.2 Å². The van der Waals surface area contributed by atoms with Crippen molar-refractivity contribution in [2.75, 3.05) is 10.6 Å². The molecule has 1 aliphatic heterocycles. The van der Waals surface area contributed by atoms with Crippen LogP contribution in [0.1, 0.15) is 51.5 Å². The molecular formula is C22H29N3. The third-order valence-corrected chi connectivity index (χ3v) is 4.98. The lowest BCUT2D eigenvalue weighted by Gasteiger charge is -2.44. The Kier molecular flexibility index (Phi) is 5.75. The third-order valence-electron chi connectivity index (χ3n) is 4.98. The molecule has 0 amide bonds. The van der Waals surface area contributed by atoms with Crippen LogP contribution in [0, 0.1) is 0 Å². The van der Waals surface area contributed by atoms with E-state index in [1.165, 1.54) is 30.5 Å². The predicted molar refractivity (Wildman–Crippen MR) is 108 cm³/mol. The molecule has 0 unspecified atom stereocenters. The first-order chi connectivity index (χ1) is 12.4. The van der Waals surface area contributed by atoms with E-state index in [9.17, 15) is 0 Å². The molecule has 0 saturated heterocycles. The van der Waals surface area contributed by atoms with Gasteiger partial charge in [0.25, 0.3) is 0 Å². The van der Waals surface area contributed by atoms with Crippen molar-refractivity contribution in [3.05, 3.63) is 60.2 Å². The molecule has 2 N–H and O–H groups in total. The molecule has 2 aromatic rings. The van der Waals surface area contributed by atoms with Gasteiger partial charge in [-0.05, 0) is 30.5 Å². The van der Waals surface area contributed by atoms with Gasteiger partial charge in [0.05, 0.1) is 23.5 Å². The number of benzene rings is 2. The summed E-state index contributed by atoms with van der Waals surface area (Å²) in [5.41, 5.74) is 3.58. The number of nitrogens with zero attached hydrogens (tertiary/aromatic N) is 1. The van der Waals surface area contributed by atoms with Crippen LogP contribution in [0.15, 0.2) is 59.6 Å². The zero-order valence-corrected chi connectivity index (χ0v) is 15.4. The summed E-state index contributed by atoms with van der Waals surface area (Å²) in [4.78, 5) is 4.97. The number of anilines is 2. The second-order valence-electron chi connectivity index (χ2n) is 6.59. The lowest BCUT2D eigenvalue weighted by Crippen LogP contribution is -2.53. The summed E-state index contributed by atoms with van der Waals surface area (Å²) in [6.45, 7) is 4.73. The normalized spacial score (nSPS) is 19.2. The van der Waals surface area contributed by atoms with Crippen LogP contribution in [-0.2, 0) is 6.54 Å². The summed E-state index contributed by atoms with van der Waals surface area (Å²) in [5.74, 6) is 1.11. The van der Waals surface area contributed by atoms with Gasteiger partial charge in [0.1, 0.15) is 5.84 Å². The minimum absolute atomic E-state index is 0.0125. The second kappa shape index (κ2) is 8.19. The fourth-order valence-corrected chi connectivity index (χ4v) is 3.73. The minimum Gasteiger partial charge on any atom is -0.371 e. The molecule has 1 saturated carbocycles. The Morgan fingerprint density at radius 3 is 2.20 bits per heavy atom. The lowest BCUT2D eigenvalue weighted by atomic mass is 9.79. The summed E-state index contributed by atoms with van der Waals surface area (Å²) in [5, 5.41) is 7.42. The number of amidine groups is 1. The number of fused-ring (bicyclic) bond motifs is 1. The van der Waals surface area contributed by atoms with Crippen molar-refractivity contribution in [2.45, 2.75) is 58.0 Å². The number of hydrogen-bond donors (Lipinski definition) is 2. The van der Waals surface area contributed by atoms with Crippen molar-refractivity contribution in [3.8, 4) is 0 Å². The topological polar surface area (TPSA) is 36.4 Å². The van der Waals surface area contributed by atoms with Crippen LogP contribution in [0.3, 0.4) is 0 Å². The van der Waals surface area contributed by atoms with Crippen LogP contribution in [0.25, 0.3) is 0 Å². The highest BCUT2D eigenvalue weighted by atomic mass is 15.2. The van der Waals surface area contributed by atoms with Crippen molar-refractivity contribution in [2.24, 2.45) is 4.99 Å². The van der Waals surface area contributed by atoms with Crippen LogP contribution in [0.2, 0.25) is 0 Å². The zero-order chi connectivity index (χ0) is 17.5. The van der Waals surface area contributed by atoms with Crippen LogP contribution < -0.4 is 10.6 Å². The zero-order valence-electron chi connectivity index (χ0n) is 15.4. The van der Waals surface area contributed by atoms with E-state index >= 15 is 0 Å². The Morgan fingerprint density at radius 2 is 1.48 bits per heavy atom. The first-order valence-corrected chi connectivity index (χ1v) is 9.59. The molecule has 4 rings (SSSR count). The van der Waals surface area contributed by atoms with Crippen LogP contribution in [0.4, 0.5) is 11.4 Å². The largest absolute Gasteiger partial charge is 0.371 e. The van der Waals surface area contributed by atoms with Gasteiger partial charge in [-0.2, -0.15) is 0 Å². The standard InChI is InChI=1S/C20H23N3.C2H6/c1-3-9-16(10-4-1)15-21-19-20(13-7-2-8-14-20)23-18-12-6-5-11-17(18)22-19;1-2/h1,3-6,9-12,23H,2,7-8,13-15H2,(H,21,22);1-2H3. The van der Waals surface area contributed by atoms with E-state index in [0.717, 1.165) is 30.9 Å². The summed E-state index contributed by atoms with van der Waals surface area (Å²) in [6, 6.07) is 18.9. The Balaban J connectivity index is 0.000000880. The van der Waals surface area contributed by atoms with Gasteiger partial charge in [0.2, 0.25) is 0 Å². The monoisotopic (exact) mass is 335 g/mol. The molecule has 1 fully saturated rings. The van der Waals surface area contributed by atoms with Gasteiger partial charge < -0.3 is 10.6 Å². The van der Waals surface area contributed by atoms with E-state index in [-0.39, 0.29) is 5.54 Å². The second-order valence-corrected chi connectivity index (χ2v) is 6.59. The first-order valence-electron chi connectivity index (χ1n) is 9.59. The number of hydrogen-bond acceptors (Lipinski definition) is 2. The van der Waals surface area contributed by atoms with Gasteiger partial charge in [-0.3, -0.25) is 4.99 Å². The molecule has 2 aliphatic rings. The summed E-state index contributed by atoms with van der Waals surface area (Å²) < 4.78 is 0. The van der Waals surface area contributed by atoms with Gasteiger partial charge in [-0.15, -0.1) is 0 Å². The maximum atomic E-state index is 4.97. The molecule has 3 heteroatoms. The molecule has 0 bridgehead atoms. The summed E-state index contributed by atoms with van der Waals surface area (Å²) in [7, 11) is 0. The Morgan fingerprint density at radius 1 is 0.840 bits per heavy atom. The maximum Gasteiger partial charge on any atom is 0.127 e. The van der Waals surface area contributed by atoms with E-state index in [2.05, 4.69) is 65.2 Å². The molecular weight excluding hydrogens is 306 g/mol. The number of para-hydroxylation sites is 2. The van der Waals surface area contributed by atoms with Gasteiger partial charge >= 0.3 is 0 Å². The summed E-state index contributed by atoms with van der Waals surface area (Å²) in [6.07, 6.45) is 6.17. The maximum absolute atomic E-state index is 4.97. The SMILES string of the molecule is CC.c1ccc(CN=C2Nc3ccccc3NC23CCCCC3)cc1. The number of aliphatic imine (C=N–C) groups is 1. The van der Waals surface area contributed by atoms with Gasteiger partial charge in [0.15, 0.2) is 0 Å². The average molecular weight is 335 g/mol. The highest BCUT2D eigenvalue weighted by Crippen LogP contribution is 2.39. The van der Waals surface area contributed by atoms with Crippen molar-refractivity contribution in [3.63, 3.8) is 0 Å². The quantitative estimate of drug-likeness (QED) is 0.722. The van der Waals surface area contributed by atoms with Crippen molar-refractivity contribution in [1.29, 1.82) is 0 Å². The number of nitrogens with one attached hydrogen (secondary N) is 2. The van der Waals surface area contributed by atoms with Gasteiger partial charge in [-0.25, -0.2) is 0 Å². The van der Waals surface area contributed by atoms with E-state index < -0.39 is 0 Å². The highest BCUT2D eigenvalue weighted by molar-refractivity contribution is 6.09. The number of rotatable bonds is 2. The molecule has 3 nitrogen and oxygen atoms in total. The molecule has 25 heavy (non-hydrogen) atoms. The fourth-order valence-electron chi connectivity index (χ4n) is 3.73. The Bertz CT molecular complexity index is 700. The molecule has 0 radical (unpaired) electrons. The molecule has 0 atom stereocenters. The molecule has 132 valence electrons. The highest BCUT2D eigenvalue weighted by Gasteiger charge is 2.40. The van der Waals surface area contributed by atoms with E-state index in [1.807, 2.05) is 13.8 Å². The summed E-state index contributed by atoms with van der Waals surface area (Å²) >= 11 is 0. The van der Waals surface area contributed by atoms with Crippen molar-refractivity contribution < 1.29 is 0 Å². The molecule has 1 spiro atoms. The molecule has 0 aromatic heterocycles. The minimum atomic E-state index is -0.0125. The fraction of sp³-hybridized carbons (Fsp3) is 0.409. The lowest BCUT2D eigenvalue weighted by molar-refractivity contribution is 0.403.